The minimum absolute atomic E-state index is 0.00464. The molecule has 132 heavy (non-hydrogen) atoms. The zero-order valence-corrected chi connectivity index (χ0v) is 75.0. The maximum Gasteiger partial charge on any atom is 0.235 e. The van der Waals surface area contributed by atoms with E-state index in [-0.39, 0.29) is 63.5 Å². The number of ketones is 7. The highest BCUT2D eigenvalue weighted by atomic mass is 79.9. The minimum atomic E-state index is -0.248. The lowest BCUT2D eigenvalue weighted by atomic mass is 10.1. The van der Waals surface area contributed by atoms with Crippen LogP contribution in [-0.4, -0.2) is 57.8 Å². The summed E-state index contributed by atoms with van der Waals surface area (Å²) in [5.74, 6) is 6.08. The lowest BCUT2D eigenvalue weighted by molar-refractivity contribution is 0.100. The number of ether oxygens (including phenoxy) is 8. The van der Waals surface area contributed by atoms with Gasteiger partial charge in [0.05, 0.1) is 40.5 Å². The summed E-state index contributed by atoms with van der Waals surface area (Å²) in [6, 6.07) is 95.7. The molecule has 7 aliphatic rings. The molecule has 17 nitrogen and oxygen atoms in total. The van der Waals surface area contributed by atoms with Crippen LogP contribution in [0.25, 0.3) is 42.5 Å². The number of halogens is 1. The molecule has 0 amide bonds. The van der Waals surface area contributed by atoms with Gasteiger partial charge in [-0.1, -0.05) is 262 Å². The molecule has 18 heteroatoms. The Morgan fingerprint density at radius 2 is 0.561 bits per heavy atom. The van der Waals surface area contributed by atoms with Crippen LogP contribution in [0.3, 0.4) is 0 Å². The van der Waals surface area contributed by atoms with Gasteiger partial charge < -0.3 is 48.1 Å². The third kappa shape index (κ3) is 21.8. The van der Waals surface area contributed by atoms with E-state index < -0.39 is 0 Å². The first-order valence-electron chi connectivity index (χ1n) is 42.2. The van der Waals surface area contributed by atoms with E-state index in [4.69, 9.17) is 37.9 Å². The number of carbonyl (C=O) groups is 7. The molecule has 0 spiro atoms. The molecular weight excluding hydrogens is 1720 g/mol. The third-order valence-electron chi connectivity index (χ3n) is 21.5. The van der Waals surface area contributed by atoms with Crippen molar-refractivity contribution in [3.05, 3.63) is 477 Å². The molecule has 0 saturated carbocycles. The predicted octanol–water partition coefficient (Wildman–Crippen LogP) is 25.8. The Hall–Kier alpha value is -16.6. The average molecular weight is 1810 g/mol. The van der Waals surface area contributed by atoms with Crippen LogP contribution in [0.5, 0.6) is 57.5 Å². The fourth-order valence-corrected chi connectivity index (χ4v) is 14.7. The average Bonchev–Trinajstić information content (AvgIpc) is 1.62. The number of para-hydroxylation sites is 3. The van der Waals surface area contributed by atoms with E-state index in [0.717, 1.165) is 71.2 Å². The van der Waals surface area contributed by atoms with E-state index in [0.29, 0.717) is 114 Å². The van der Waals surface area contributed by atoms with Crippen molar-refractivity contribution in [2.45, 2.75) is 55.4 Å². The normalized spacial score (nSPS) is 15.4. The van der Waals surface area contributed by atoms with E-state index in [1.807, 2.05) is 304 Å². The van der Waals surface area contributed by atoms with Crippen molar-refractivity contribution in [1.82, 2.24) is 0 Å². The molecule has 0 aliphatic carbocycles. The number of fused-ring (bicyclic) bond motifs is 7. The SMILES string of the molecule is COc1cc(O)cc2c1C(=O)/C(=C/c1ccc(C)cc1)O2.Cc1ccc(/C=C2\Oc3cc(C)ccc3C2=O)cc1.Cc1ccc(/C=C2\Oc3cc(O)ccc3C2=O)cc1.Cc1ccc(/C=C2\Oc3ccc(Br)cc3C2=O)cc1.Cc1ccc(/C=C2\Oc3ccccc3C2=O)cc1.Cc1cccc(/C=C2\Oc3ccccc3C2=O)c1.Cc1ccccc1/C=C1\Oc2ccccc2C1=O. The zero-order valence-electron chi connectivity index (χ0n) is 73.4. The van der Waals surface area contributed by atoms with Crippen LogP contribution >= 0.6 is 15.9 Å². The summed E-state index contributed by atoms with van der Waals surface area (Å²) >= 11 is 3.36. The highest BCUT2D eigenvalue weighted by Gasteiger charge is 2.35. The summed E-state index contributed by atoms with van der Waals surface area (Å²) in [6.07, 6.45) is 12.3. The maximum atomic E-state index is 12.4. The number of Topliss-reactive ketones (excluding diaryl/α,β-unsaturated/α-hetero) is 7. The molecule has 14 aromatic carbocycles. The standard InChI is InChI=1S/C17H14O4.C17H14O2.C16H11BrO2.C16H12O3.3C16H12O2/c1-10-3-5-11(6-4-10)7-15-17(19)16-13(20-2)8-12(18)9-14(16)21-15;1-11-3-6-13(7-4-11)10-16-17(18)14-8-5-12(2)9-15(14)19-16;1-10-2-4-11(5-3-10)8-15-16(18)13-9-12(17)6-7-14(13)19-15;1-10-2-4-11(5-3-10)8-15-16(18)13-7-6-12(17)9-14(13)19-15;1-11-5-4-6-12(9-11)10-15-16(17)13-7-2-3-8-14(13)18-15;1-11-6-2-3-7-12(11)10-15-16(17)13-8-4-5-9-14(13)18-15;1-11-6-8-12(9-7-11)10-15-16(17)13-4-2-3-5-14(13)18-15/h3-9,18H,1-2H3;3-10H,1-2H3;2-9H,1H3;2-9,17H,1H3;3*2-10H,1H3/b15-7-;16-10-;2*15-8-;3*15-10-. The summed E-state index contributed by atoms with van der Waals surface area (Å²) in [6.45, 7) is 16.1. The second-order valence-electron chi connectivity index (χ2n) is 31.7. The molecule has 2 N–H and O–H groups in total. The van der Waals surface area contributed by atoms with Crippen LogP contribution in [-0.2, 0) is 0 Å². The van der Waals surface area contributed by atoms with Gasteiger partial charge >= 0.3 is 0 Å². The van der Waals surface area contributed by atoms with Crippen molar-refractivity contribution < 1.29 is 81.7 Å². The molecule has 0 aromatic heterocycles. The van der Waals surface area contributed by atoms with Crippen LogP contribution < -0.4 is 37.9 Å². The molecule has 0 saturated heterocycles. The van der Waals surface area contributed by atoms with Crippen molar-refractivity contribution >= 4 is 98.9 Å². The lowest BCUT2D eigenvalue weighted by Gasteiger charge is -2.04. The van der Waals surface area contributed by atoms with Crippen molar-refractivity contribution in [2.75, 3.05) is 7.11 Å². The summed E-state index contributed by atoms with van der Waals surface area (Å²) in [5.41, 5.74) is 19.9. The minimum Gasteiger partial charge on any atom is -0.508 e. The third-order valence-corrected chi connectivity index (χ3v) is 22.0. The topological polar surface area (TPSA) is 234 Å². The fourth-order valence-electron chi connectivity index (χ4n) is 14.3. The Morgan fingerprint density at radius 3 is 0.970 bits per heavy atom. The number of allylic oxidation sites excluding steroid dienone is 7. The van der Waals surface area contributed by atoms with E-state index in [1.54, 1.807) is 78.9 Å². The second kappa shape index (κ2) is 40.6. The molecule has 0 atom stereocenters. The molecule has 7 heterocycles. The Bertz CT molecular complexity index is 6930. The quantitative estimate of drug-likeness (QED) is 0.135. The molecule has 14 aromatic rings. The van der Waals surface area contributed by atoms with Gasteiger partial charge in [-0.05, 0) is 227 Å². The summed E-state index contributed by atoms with van der Waals surface area (Å²) in [7, 11) is 1.45. The van der Waals surface area contributed by atoms with Crippen molar-refractivity contribution in [1.29, 1.82) is 0 Å². The van der Waals surface area contributed by atoms with Crippen LogP contribution in [0.4, 0.5) is 0 Å². The number of benzene rings is 14. The molecule has 652 valence electrons. The molecule has 21 rings (SSSR count). The summed E-state index contributed by atoms with van der Waals surface area (Å²) in [4.78, 5) is 85.2. The van der Waals surface area contributed by atoms with E-state index in [9.17, 15) is 43.8 Å². The van der Waals surface area contributed by atoms with Gasteiger partial charge in [0.25, 0.3) is 0 Å². The zero-order chi connectivity index (χ0) is 92.8. The van der Waals surface area contributed by atoms with Crippen molar-refractivity contribution in [3.8, 4) is 57.5 Å². The first kappa shape index (κ1) is 90.2. The number of carbonyl (C=O) groups excluding carboxylic acids is 7. The first-order valence-corrected chi connectivity index (χ1v) is 43.0. The van der Waals surface area contributed by atoms with Gasteiger partial charge in [0.1, 0.15) is 63.1 Å². The van der Waals surface area contributed by atoms with Gasteiger partial charge in [-0.25, -0.2) is 0 Å². The maximum absolute atomic E-state index is 12.4. The molecule has 7 aliphatic heterocycles. The van der Waals surface area contributed by atoms with Crippen LogP contribution in [0, 0.1) is 55.4 Å². The number of hydrogen-bond acceptors (Lipinski definition) is 17. The molecular formula is C114H87BrO17. The number of phenolic OH excluding ortho intramolecular Hbond substituents is 2. The predicted molar refractivity (Wildman–Crippen MR) is 516 cm³/mol. The van der Waals surface area contributed by atoms with Gasteiger partial charge in [0.2, 0.25) is 40.5 Å². The number of aromatic hydroxyl groups is 2. The number of methoxy groups -OCH3 is 1. The van der Waals surface area contributed by atoms with E-state index >= 15 is 0 Å². The van der Waals surface area contributed by atoms with Gasteiger partial charge in [0.15, 0.2) is 40.3 Å². The summed E-state index contributed by atoms with van der Waals surface area (Å²) in [5, 5.41) is 19.0. The number of hydrogen-bond donors (Lipinski definition) is 2. The first-order chi connectivity index (χ1) is 63.7. The molecule has 0 fully saturated rings. The fraction of sp³-hybridized carbons (Fsp3) is 0.0789. The highest BCUT2D eigenvalue weighted by Crippen LogP contribution is 2.43. The Kier molecular flexibility index (Phi) is 27.8. The van der Waals surface area contributed by atoms with Gasteiger partial charge in [-0.2, -0.15) is 0 Å². The van der Waals surface area contributed by atoms with Crippen LogP contribution in [0.2, 0.25) is 0 Å². The van der Waals surface area contributed by atoms with Gasteiger partial charge in [-0.3, -0.25) is 33.6 Å². The number of rotatable bonds is 8. The van der Waals surface area contributed by atoms with Crippen LogP contribution in [0.15, 0.2) is 354 Å². The molecule has 0 unspecified atom stereocenters. The molecule has 0 bridgehead atoms. The lowest BCUT2D eigenvalue weighted by Crippen LogP contribution is -2.00. The Balaban J connectivity index is 0.000000118. The number of phenols is 2. The smallest absolute Gasteiger partial charge is 0.235 e. The van der Waals surface area contributed by atoms with E-state index in [1.165, 1.54) is 48.1 Å². The van der Waals surface area contributed by atoms with Crippen LogP contribution in [0.1, 0.15) is 156 Å². The highest BCUT2D eigenvalue weighted by molar-refractivity contribution is 9.10. The number of aryl methyl sites for hydroxylation is 8. The Morgan fingerprint density at radius 1 is 0.242 bits per heavy atom. The molecule has 0 radical (unpaired) electrons. The summed E-state index contributed by atoms with van der Waals surface area (Å²) < 4.78 is 45.0. The van der Waals surface area contributed by atoms with E-state index in [2.05, 4.69) is 15.9 Å². The van der Waals surface area contributed by atoms with Crippen molar-refractivity contribution in [3.63, 3.8) is 0 Å². The second-order valence-corrected chi connectivity index (χ2v) is 32.6. The largest absolute Gasteiger partial charge is 0.508 e. The monoisotopic (exact) mass is 1810 g/mol. The van der Waals surface area contributed by atoms with Crippen molar-refractivity contribution in [2.24, 2.45) is 0 Å². The Labute approximate surface area is 772 Å². The van der Waals surface area contributed by atoms with Gasteiger partial charge in [-0.15, -0.1) is 0 Å². The van der Waals surface area contributed by atoms with Gasteiger partial charge in [0, 0.05) is 22.7 Å².